The van der Waals surface area contributed by atoms with Gasteiger partial charge in [-0.1, -0.05) is 49.4 Å². The van der Waals surface area contributed by atoms with E-state index in [9.17, 15) is 14.7 Å². The second-order valence-corrected chi connectivity index (χ2v) is 12.6. The molecule has 3 amide bonds. The summed E-state index contributed by atoms with van der Waals surface area (Å²) in [5, 5.41) is 14.3. The third-order valence-corrected chi connectivity index (χ3v) is 9.36. The normalized spacial score (nSPS) is 19.5. The quantitative estimate of drug-likeness (QED) is 0.317. The van der Waals surface area contributed by atoms with Crippen molar-refractivity contribution in [2.24, 2.45) is 13.0 Å². The molecule has 2 aromatic heterocycles. The molecule has 11 heteroatoms. The van der Waals surface area contributed by atoms with Gasteiger partial charge in [-0.25, -0.2) is 9.78 Å². The molecule has 6 rings (SSSR count). The van der Waals surface area contributed by atoms with E-state index in [1.54, 1.807) is 29.1 Å². The van der Waals surface area contributed by atoms with E-state index in [1.807, 2.05) is 80.1 Å². The number of carbonyl (C=O) groups excluding carboxylic acids is 2. The van der Waals surface area contributed by atoms with Crippen LogP contribution in [0, 0.1) is 5.92 Å². The van der Waals surface area contributed by atoms with Gasteiger partial charge in [0, 0.05) is 80.6 Å². The second-order valence-electron chi connectivity index (χ2n) is 12.6. The molecule has 248 valence electrons. The summed E-state index contributed by atoms with van der Waals surface area (Å²) in [5.41, 5.74) is 4.94. The van der Waals surface area contributed by atoms with E-state index in [0.717, 1.165) is 46.5 Å². The van der Waals surface area contributed by atoms with Crippen LogP contribution in [-0.4, -0.2) is 102 Å². The van der Waals surface area contributed by atoms with Crippen molar-refractivity contribution < 1.29 is 24.2 Å². The number of carbonyl (C=O) groups is 2. The molecule has 1 saturated heterocycles. The Kier molecular flexibility index (Phi) is 9.76. The number of urea groups is 1. The Morgan fingerprint density at radius 3 is 2.66 bits per heavy atom. The molecule has 4 aromatic rings. The zero-order valence-electron chi connectivity index (χ0n) is 27.6. The van der Waals surface area contributed by atoms with Crippen molar-refractivity contribution in [3.05, 3.63) is 78.1 Å². The van der Waals surface area contributed by atoms with Gasteiger partial charge in [0.2, 0.25) is 0 Å². The Morgan fingerprint density at radius 1 is 1.13 bits per heavy atom. The van der Waals surface area contributed by atoms with Crippen LogP contribution in [0.2, 0.25) is 0 Å². The molecule has 2 N–H and O–H groups in total. The van der Waals surface area contributed by atoms with Gasteiger partial charge in [0.05, 0.1) is 38.6 Å². The fourth-order valence-electron chi connectivity index (χ4n) is 6.56. The minimum atomic E-state index is -0.430. The third kappa shape index (κ3) is 6.69. The lowest BCUT2D eigenvalue weighted by Gasteiger charge is -2.35. The number of aryl methyl sites for hydroxylation is 1. The Balaban J connectivity index is 1.29. The number of aromatic nitrogens is 2. The molecule has 0 saturated carbocycles. The van der Waals surface area contributed by atoms with E-state index in [1.165, 1.54) is 0 Å². The van der Waals surface area contributed by atoms with Gasteiger partial charge in [-0.3, -0.25) is 4.79 Å². The average molecular weight is 641 g/mol. The van der Waals surface area contributed by atoms with E-state index in [0.29, 0.717) is 44.3 Å². The van der Waals surface area contributed by atoms with Crippen molar-refractivity contribution in [3.8, 4) is 11.1 Å². The summed E-state index contributed by atoms with van der Waals surface area (Å²) in [4.78, 5) is 38.0. The largest absolute Gasteiger partial charge is 0.394 e. The number of ether oxygens (including phenoxy) is 2. The minimum Gasteiger partial charge on any atom is -0.394 e. The van der Waals surface area contributed by atoms with E-state index in [4.69, 9.17) is 9.47 Å². The number of pyridine rings is 1. The van der Waals surface area contributed by atoms with Gasteiger partial charge in [0.25, 0.3) is 5.91 Å². The number of nitrogens with one attached hydrogen (secondary N) is 1. The molecule has 2 aliphatic heterocycles. The van der Waals surface area contributed by atoms with Crippen LogP contribution in [-0.2, 0) is 23.1 Å². The number of benzene rings is 2. The lowest BCUT2D eigenvalue weighted by molar-refractivity contribution is -0.0179. The van der Waals surface area contributed by atoms with Crippen LogP contribution >= 0.6 is 0 Å². The molecule has 0 aliphatic carbocycles. The predicted octanol–water partition coefficient (Wildman–Crippen LogP) is 4.60. The molecule has 2 aromatic carbocycles. The summed E-state index contributed by atoms with van der Waals surface area (Å²) < 4.78 is 14.1. The summed E-state index contributed by atoms with van der Waals surface area (Å²) >= 11 is 0. The standard InChI is InChI=1S/C36H44N6O5/c1-24-20-42(25(2)22-43)35(44)34-33(29-11-7-8-12-30(29)40(34)4)28-10-6-5-9-26(28)23-47-31(24)21-39(3)36(45)38-27-13-14-37-32(19-27)41-15-17-46-18-16-41/h5-14,19,24-25,31,43H,15-18,20-23H2,1-4H3,(H,37,38,45)/t24-,25-,31-/m0/s1. The number of nitrogens with zero attached hydrogens (tertiary/aromatic N) is 5. The molecule has 11 nitrogen and oxygen atoms in total. The zero-order chi connectivity index (χ0) is 33.1. The number of para-hydroxylation sites is 1. The lowest BCUT2D eigenvalue weighted by Crippen LogP contribution is -2.48. The summed E-state index contributed by atoms with van der Waals surface area (Å²) in [5.74, 6) is 0.479. The van der Waals surface area contributed by atoms with Gasteiger partial charge < -0.3 is 39.2 Å². The highest BCUT2D eigenvalue weighted by Crippen LogP contribution is 2.38. The number of rotatable bonds is 6. The van der Waals surface area contributed by atoms with Gasteiger partial charge in [-0.2, -0.15) is 0 Å². The first-order valence-electron chi connectivity index (χ1n) is 16.3. The number of morpholine rings is 1. The number of hydrogen-bond donors (Lipinski definition) is 2. The van der Waals surface area contributed by atoms with Crippen LogP contribution < -0.4 is 10.2 Å². The maximum atomic E-state index is 14.6. The van der Waals surface area contributed by atoms with Crippen molar-refractivity contribution in [2.75, 3.05) is 63.3 Å². The molecule has 0 radical (unpaired) electrons. The van der Waals surface area contributed by atoms with E-state index in [-0.39, 0.29) is 24.5 Å². The number of hydrogen-bond acceptors (Lipinski definition) is 7. The first kappa shape index (κ1) is 32.5. The zero-order valence-corrected chi connectivity index (χ0v) is 27.6. The Morgan fingerprint density at radius 2 is 1.87 bits per heavy atom. The highest BCUT2D eigenvalue weighted by atomic mass is 16.5. The Labute approximate surface area is 275 Å². The van der Waals surface area contributed by atoms with Gasteiger partial charge in [-0.15, -0.1) is 0 Å². The first-order valence-corrected chi connectivity index (χ1v) is 16.3. The van der Waals surface area contributed by atoms with Crippen molar-refractivity contribution in [3.63, 3.8) is 0 Å². The topological polar surface area (TPSA) is 112 Å². The molecule has 2 aliphatic rings. The van der Waals surface area contributed by atoms with Crippen LogP contribution in [0.3, 0.4) is 0 Å². The highest BCUT2D eigenvalue weighted by Gasteiger charge is 2.34. The van der Waals surface area contributed by atoms with Gasteiger partial charge >= 0.3 is 6.03 Å². The fraction of sp³-hybridized carbons (Fsp3) is 0.417. The lowest BCUT2D eigenvalue weighted by atomic mass is 9.96. The molecule has 3 atom stereocenters. The molecular weight excluding hydrogens is 596 g/mol. The average Bonchev–Trinajstić information content (AvgIpc) is 3.39. The number of aliphatic hydroxyl groups is 1. The van der Waals surface area contributed by atoms with Crippen molar-refractivity contribution in [1.29, 1.82) is 0 Å². The van der Waals surface area contributed by atoms with E-state index < -0.39 is 12.1 Å². The van der Waals surface area contributed by atoms with Crippen LogP contribution in [0.25, 0.3) is 22.0 Å². The maximum absolute atomic E-state index is 14.6. The van der Waals surface area contributed by atoms with Crippen LogP contribution in [0.4, 0.5) is 16.3 Å². The van der Waals surface area contributed by atoms with E-state index >= 15 is 0 Å². The van der Waals surface area contributed by atoms with Gasteiger partial charge in [0.1, 0.15) is 11.5 Å². The van der Waals surface area contributed by atoms with Crippen molar-refractivity contribution >= 4 is 34.3 Å². The molecular formula is C36H44N6O5. The second kappa shape index (κ2) is 14.1. The maximum Gasteiger partial charge on any atom is 0.321 e. The Bertz CT molecular complexity index is 1730. The van der Waals surface area contributed by atoms with Crippen LogP contribution in [0.15, 0.2) is 66.9 Å². The summed E-state index contributed by atoms with van der Waals surface area (Å²) in [6.45, 7) is 7.44. The van der Waals surface area contributed by atoms with Gasteiger partial charge in [0.15, 0.2) is 0 Å². The van der Waals surface area contributed by atoms with E-state index in [2.05, 4.69) is 15.2 Å². The number of aliphatic hydroxyl groups excluding tert-OH is 1. The molecule has 0 spiro atoms. The minimum absolute atomic E-state index is 0.151. The van der Waals surface area contributed by atoms with Crippen LogP contribution in [0.5, 0.6) is 0 Å². The third-order valence-electron chi connectivity index (χ3n) is 9.36. The molecule has 4 heterocycles. The number of amides is 3. The highest BCUT2D eigenvalue weighted by molar-refractivity contribution is 6.10. The summed E-state index contributed by atoms with van der Waals surface area (Å²) in [7, 11) is 3.67. The van der Waals surface area contributed by atoms with Crippen molar-refractivity contribution in [2.45, 2.75) is 32.6 Å². The molecule has 47 heavy (non-hydrogen) atoms. The number of anilines is 2. The molecule has 0 bridgehead atoms. The number of fused-ring (bicyclic) bond motifs is 5. The smallest absolute Gasteiger partial charge is 0.321 e. The van der Waals surface area contributed by atoms with Gasteiger partial charge in [-0.05, 0) is 30.2 Å². The molecule has 1 fully saturated rings. The fourth-order valence-corrected chi connectivity index (χ4v) is 6.56. The summed E-state index contributed by atoms with van der Waals surface area (Å²) in [6, 6.07) is 19.0. The Hall–Kier alpha value is -4.45. The summed E-state index contributed by atoms with van der Waals surface area (Å²) in [6.07, 6.45) is 1.29. The van der Waals surface area contributed by atoms with Crippen molar-refractivity contribution in [1.82, 2.24) is 19.4 Å². The number of likely N-dealkylation sites (N-methyl/N-ethyl adjacent to an activating group) is 1. The molecule has 0 unspecified atom stereocenters. The van der Waals surface area contributed by atoms with Crippen LogP contribution in [0.1, 0.15) is 29.9 Å². The first-order chi connectivity index (χ1) is 22.8. The monoisotopic (exact) mass is 640 g/mol. The SMILES string of the molecule is C[C@H]1CN([C@@H](C)CO)C(=O)c2c(c3ccccc3n2C)-c2ccccc2CO[C@H]1CN(C)C(=O)Nc1ccnc(N2CCOCC2)c1. The predicted molar refractivity (Wildman–Crippen MR) is 183 cm³/mol.